The molecule has 1 N–H and O–H groups in total. The average Bonchev–Trinajstić information content (AvgIpc) is 3.09. The topological polar surface area (TPSA) is 56.3 Å². The lowest BCUT2D eigenvalue weighted by Crippen LogP contribution is -2.02. The fraction of sp³-hybridized carbons (Fsp3) is 0.100. The van der Waals surface area contributed by atoms with E-state index in [0.717, 1.165) is 21.3 Å². The molecule has 0 spiro atoms. The first-order valence-corrected chi connectivity index (χ1v) is 9.14. The van der Waals surface area contributed by atoms with E-state index in [4.69, 9.17) is 4.74 Å². The largest absolute Gasteiger partial charge is 0.495 e. The highest BCUT2D eigenvalue weighted by molar-refractivity contribution is 7.22. The SMILES string of the molecule is COc1cncc(-c2ccc3nc(Nc4cccc(OC(F)F)c4)sc3c2)c1. The van der Waals surface area contributed by atoms with Crippen molar-refractivity contribution in [3.05, 3.63) is 60.9 Å². The van der Waals surface area contributed by atoms with Gasteiger partial charge in [0.05, 0.1) is 23.5 Å². The van der Waals surface area contributed by atoms with E-state index in [1.54, 1.807) is 31.6 Å². The summed E-state index contributed by atoms with van der Waals surface area (Å²) in [5.74, 6) is 0.782. The average molecular weight is 399 g/mol. The summed E-state index contributed by atoms with van der Waals surface area (Å²) >= 11 is 1.47. The second-order valence-corrected chi connectivity index (χ2v) is 6.88. The van der Waals surface area contributed by atoms with E-state index in [9.17, 15) is 8.78 Å². The predicted octanol–water partition coefficient (Wildman–Crippen LogP) is 5.71. The summed E-state index contributed by atoms with van der Waals surface area (Å²) in [6.07, 6.45) is 3.43. The van der Waals surface area contributed by atoms with Gasteiger partial charge in [0.1, 0.15) is 11.5 Å². The Hall–Kier alpha value is -3.26. The fourth-order valence-electron chi connectivity index (χ4n) is 2.72. The molecule has 0 saturated heterocycles. The molecule has 2 heterocycles. The van der Waals surface area contributed by atoms with Gasteiger partial charge in [-0.15, -0.1) is 0 Å². The van der Waals surface area contributed by atoms with Crippen LogP contribution in [0.3, 0.4) is 0 Å². The number of benzene rings is 2. The summed E-state index contributed by atoms with van der Waals surface area (Å²) in [4.78, 5) is 8.73. The highest BCUT2D eigenvalue weighted by Gasteiger charge is 2.09. The number of nitrogens with zero attached hydrogens (tertiary/aromatic N) is 2. The Morgan fingerprint density at radius 1 is 1.00 bits per heavy atom. The molecular formula is C20H15F2N3O2S. The Kier molecular flexibility index (Phi) is 5.03. The number of pyridine rings is 1. The van der Waals surface area contributed by atoms with Gasteiger partial charge in [0.25, 0.3) is 0 Å². The molecule has 0 amide bonds. The smallest absolute Gasteiger partial charge is 0.387 e. The van der Waals surface area contributed by atoms with Gasteiger partial charge in [-0.3, -0.25) is 4.98 Å². The molecule has 28 heavy (non-hydrogen) atoms. The van der Waals surface area contributed by atoms with Crippen molar-refractivity contribution in [2.45, 2.75) is 6.61 Å². The number of anilines is 2. The lowest BCUT2D eigenvalue weighted by atomic mass is 10.1. The molecule has 0 aliphatic heterocycles. The zero-order chi connectivity index (χ0) is 19.5. The highest BCUT2D eigenvalue weighted by atomic mass is 32.1. The van der Waals surface area contributed by atoms with Gasteiger partial charge in [-0.25, -0.2) is 4.98 Å². The Morgan fingerprint density at radius 3 is 2.71 bits per heavy atom. The van der Waals surface area contributed by atoms with Gasteiger partial charge in [0, 0.05) is 23.5 Å². The number of nitrogens with one attached hydrogen (secondary N) is 1. The minimum atomic E-state index is -2.86. The Labute approximate surface area is 163 Å². The molecule has 0 atom stereocenters. The standard InChI is InChI=1S/C20H15F2N3O2S/c1-26-16-7-13(10-23-11-16)12-5-6-17-18(8-12)28-20(25-17)24-14-3-2-4-15(9-14)27-19(21)22/h2-11,19H,1H3,(H,24,25). The molecule has 5 nitrogen and oxygen atoms in total. The van der Waals surface area contributed by atoms with E-state index in [-0.39, 0.29) is 5.75 Å². The van der Waals surface area contributed by atoms with Gasteiger partial charge < -0.3 is 14.8 Å². The molecule has 0 unspecified atom stereocenters. The lowest BCUT2D eigenvalue weighted by Gasteiger charge is -2.07. The van der Waals surface area contributed by atoms with E-state index >= 15 is 0 Å². The molecule has 2 aromatic carbocycles. The monoisotopic (exact) mass is 399 g/mol. The zero-order valence-electron chi connectivity index (χ0n) is 14.7. The number of aromatic nitrogens is 2. The van der Waals surface area contributed by atoms with Crippen molar-refractivity contribution in [1.29, 1.82) is 0 Å². The summed E-state index contributed by atoms with van der Waals surface area (Å²) in [7, 11) is 1.60. The summed E-state index contributed by atoms with van der Waals surface area (Å²) in [6, 6.07) is 14.2. The molecular weight excluding hydrogens is 384 g/mol. The van der Waals surface area contributed by atoms with Crippen LogP contribution in [0, 0.1) is 0 Å². The van der Waals surface area contributed by atoms with E-state index in [1.807, 2.05) is 24.3 Å². The lowest BCUT2D eigenvalue weighted by molar-refractivity contribution is -0.0497. The van der Waals surface area contributed by atoms with Gasteiger partial charge in [-0.05, 0) is 35.9 Å². The van der Waals surface area contributed by atoms with Crippen LogP contribution >= 0.6 is 11.3 Å². The number of hydrogen-bond donors (Lipinski definition) is 1. The van der Waals surface area contributed by atoms with Crippen molar-refractivity contribution < 1.29 is 18.3 Å². The molecule has 2 aromatic heterocycles. The first-order chi connectivity index (χ1) is 13.6. The van der Waals surface area contributed by atoms with Crippen molar-refractivity contribution in [2.75, 3.05) is 12.4 Å². The van der Waals surface area contributed by atoms with E-state index in [1.165, 1.54) is 23.5 Å². The van der Waals surface area contributed by atoms with Crippen LogP contribution in [0.5, 0.6) is 11.5 Å². The van der Waals surface area contributed by atoms with Crippen molar-refractivity contribution in [1.82, 2.24) is 9.97 Å². The van der Waals surface area contributed by atoms with Crippen LogP contribution in [0.1, 0.15) is 0 Å². The third-order valence-corrected chi connectivity index (χ3v) is 4.91. The summed E-state index contributed by atoms with van der Waals surface area (Å²) in [5.41, 5.74) is 3.41. The molecule has 0 aliphatic rings. The molecule has 4 rings (SSSR count). The van der Waals surface area contributed by atoms with Crippen molar-refractivity contribution in [3.63, 3.8) is 0 Å². The van der Waals surface area contributed by atoms with Crippen LogP contribution in [0.25, 0.3) is 21.3 Å². The van der Waals surface area contributed by atoms with Crippen LogP contribution in [-0.4, -0.2) is 23.7 Å². The van der Waals surface area contributed by atoms with Crippen LogP contribution < -0.4 is 14.8 Å². The fourth-order valence-corrected chi connectivity index (χ4v) is 3.64. The van der Waals surface area contributed by atoms with E-state index in [2.05, 4.69) is 20.0 Å². The minimum Gasteiger partial charge on any atom is -0.495 e. The molecule has 0 fully saturated rings. The second-order valence-electron chi connectivity index (χ2n) is 5.85. The van der Waals surface area contributed by atoms with Crippen LogP contribution in [0.15, 0.2) is 60.9 Å². The van der Waals surface area contributed by atoms with Gasteiger partial charge >= 0.3 is 6.61 Å². The summed E-state index contributed by atoms with van der Waals surface area (Å²) < 4.78 is 35.4. The Balaban J connectivity index is 1.60. The second kappa shape index (κ2) is 7.77. The van der Waals surface area contributed by atoms with Gasteiger partial charge in [0.15, 0.2) is 5.13 Å². The van der Waals surface area contributed by atoms with E-state index < -0.39 is 6.61 Å². The number of ether oxygens (including phenoxy) is 2. The number of hydrogen-bond acceptors (Lipinski definition) is 6. The van der Waals surface area contributed by atoms with Gasteiger partial charge in [-0.1, -0.05) is 23.5 Å². The molecule has 0 aliphatic carbocycles. The normalized spacial score (nSPS) is 11.0. The summed E-state index contributed by atoms with van der Waals surface area (Å²) in [5, 5.41) is 3.79. The number of methoxy groups -OCH3 is 1. The number of thiazole rings is 1. The first kappa shape index (κ1) is 18.1. The molecule has 0 saturated carbocycles. The number of alkyl halides is 2. The number of fused-ring (bicyclic) bond motifs is 1. The van der Waals surface area contributed by atoms with Crippen molar-refractivity contribution in [3.8, 4) is 22.6 Å². The first-order valence-electron chi connectivity index (χ1n) is 8.32. The van der Waals surface area contributed by atoms with Gasteiger partial charge in [-0.2, -0.15) is 8.78 Å². The third-order valence-electron chi connectivity index (χ3n) is 3.98. The Bertz CT molecular complexity index is 1120. The zero-order valence-corrected chi connectivity index (χ0v) is 15.5. The van der Waals surface area contributed by atoms with Crippen LogP contribution in [-0.2, 0) is 0 Å². The quantitative estimate of drug-likeness (QED) is 0.450. The molecule has 0 radical (unpaired) electrons. The molecule has 0 bridgehead atoms. The maximum absolute atomic E-state index is 12.4. The number of rotatable bonds is 6. The van der Waals surface area contributed by atoms with Gasteiger partial charge in [0.2, 0.25) is 0 Å². The minimum absolute atomic E-state index is 0.0916. The maximum atomic E-state index is 12.4. The Morgan fingerprint density at radius 2 is 1.89 bits per heavy atom. The molecule has 142 valence electrons. The van der Waals surface area contributed by atoms with Crippen molar-refractivity contribution in [2.24, 2.45) is 0 Å². The predicted molar refractivity (Wildman–Crippen MR) is 106 cm³/mol. The van der Waals surface area contributed by atoms with E-state index in [0.29, 0.717) is 16.6 Å². The third kappa shape index (κ3) is 4.01. The summed E-state index contributed by atoms with van der Waals surface area (Å²) in [6.45, 7) is -2.86. The number of halogens is 2. The maximum Gasteiger partial charge on any atom is 0.387 e. The molecule has 8 heteroatoms. The van der Waals surface area contributed by atoms with Crippen molar-refractivity contribution >= 4 is 32.4 Å². The molecule has 4 aromatic rings. The highest BCUT2D eigenvalue weighted by Crippen LogP contribution is 2.33. The van der Waals surface area contributed by atoms with Crippen LogP contribution in [0.2, 0.25) is 0 Å². The van der Waals surface area contributed by atoms with Crippen LogP contribution in [0.4, 0.5) is 19.6 Å².